The molecule has 2 N–H and O–H groups in total. The highest BCUT2D eigenvalue weighted by Gasteiger charge is 2.59. The van der Waals surface area contributed by atoms with Gasteiger partial charge >= 0.3 is 0 Å². The normalized spacial score (nSPS) is 39.0. The molecule has 3 heterocycles. The number of benzene rings is 1. The number of piperidine rings is 2. The van der Waals surface area contributed by atoms with Crippen molar-refractivity contribution < 1.29 is 9.90 Å². The second-order valence-electron chi connectivity index (χ2n) is 9.19. The molecule has 1 aromatic carbocycles. The van der Waals surface area contributed by atoms with Crippen molar-refractivity contribution in [2.75, 3.05) is 59.4 Å². The summed E-state index contributed by atoms with van der Waals surface area (Å²) in [7, 11) is 2.15. The van der Waals surface area contributed by atoms with Gasteiger partial charge in [-0.25, -0.2) is 0 Å². The first-order chi connectivity index (χ1) is 13.6. The van der Waals surface area contributed by atoms with Crippen LogP contribution in [0.25, 0.3) is 0 Å². The molecular weight excluding hydrogens is 352 g/mol. The average Bonchev–Trinajstić information content (AvgIpc) is 3.20. The van der Waals surface area contributed by atoms with Crippen molar-refractivity contribution in [2.45, 2.75) is 18.1 Å². The van der Waals surface area contributed by atoms with Gasteiger partial charge < -0.3 is 20.2 Å². The van der Waals surface area contributed by atoms with Gasteiger partial charge in [-0.2, -0.15) is 0 Å². The van der Waals surface area contributed by atoms with Gasteiger partial charge in [-0.05, 0) is 44.0 Å². The molecule has 0 aromatic heterocycles. The summed E-state index contributed by atoms with van der Waals surface area (Å²) >= 11 is 0. The van der Waals surface area contributed by atoms with Gasteiger partial charge in [-0.1, -0.05) is 30.3 Å². The van der Waals surface area contributed by atoms with Crippen molar-refractivity contribution in [1.82, 2.24) is 20.0 Å². The molecular formula is C22H32N4O2. The van der Waals surface area contributed by atoms with E-state index in [9.17, 15) is 9.90 Å². The molecule has 152 valence electrons. The van der Waals surface area contributed by atoms with Gasteiger partial charge in [-0.15, -0.1) is 0 Å². The maximum Gasteiger partial charge on any atom is 0.226 e. The molecule has 4 fully saturated rings. The van der Waals surface area contributed by atoms with E-state index in [0.717, 1.165) is 44.8 Å². The van der Waals surface area contributed by atoms with Crippen LogP contribution >= 0.6 is 0 Å². The van der Waals surface area contributed by atoms with E-state index >= 15 is 0 Å². The third kappa shape index (κ3) is 3.07. The third-order valence-electron chi connectivity index (χ3n) is 7.65. The second-order valence-corrected chi connectivity index (χ2v) is 9.19. The summed E-state index contributed by atoms with van der Waals surface area (Å²) in [6.45, 7) is 7.17. The predicted molar refractivity (Wildman–Crippen MR) is 108 cm³/mol. The number of carbonyl (C=O) groups excluding carboxylic acids is 1. The number of rotatable bonds is 3. The molecule has 1 aliphatic carbocycles. The van der Waals surface area contributed by atoms with E-state index in [2.05, 4.69) is 27.1 Å². The third-order valence-corrected chi connectivity index (χ3v) is 7.65. The largest absolute Gasteiger partial charge is 0.383 e. The fourth-order valence-electron chi connectivity index (χ4n) is 5.73. The highest BCUT2D eigenvalue weighted by molar-refractivity contribution is 5.83. The summed E-state index contributed by atoms with van der Waals surface area (Å²) in [6.07, 6.45) is 0.611. The topological polar surface area (TPSA) is 59.0 Å². The molecule has 3 aliphatic heterocycles. The van der Waals surface area contributed by atoms with E-state index < -0.39 is 5.60 Å². The van der Waals surface area contributed by atoms with Gasteiger partial charge in [0.2, 0.25) is 5.91 Å². The zero-order valence-corrected chi connectivity index (χ0v) is 16.8. The van der Waals surface area contributed by atoms with E-state index in [-0.39, 0.29) is 12.0 Å². The van der Waals surface area contributed by atoms with Crippen LogP contribution in [0.1, 0.15) is 12.0 Å². The number of nitrogens with one attached hydrogen (secondary N) is 1. The number of carbonyl (C=O) groups is 1. The van der Waals surface area contributed by atoms with Crippen molar-refractivity contribution in [3.63, 3.8) is 0 Å². The van der Waals surface area contributed by atoms with Gasteiger partial charge in [-0.3, -0.25) is 9.69 Å². The number of nitrogens with zero attached hydrogens (tertiary/aromatic N) is 3. The Hall–Kier alpha value is -1.47. The monoisotopic (exact) mass is 384 g/mol. The molecule has 28 heavy (non-hydrogen) atoms. The van der Waals surface area contributed by atoms with E-state index in [1.165, 1.54) is 0 Å². The first-order valence-electron chi connectivity index (χ1n) is 10.8. The van der Waals surface area contributed by atoms with Crippen LogP contribution in [0.15, 0.2) is 30.3 Å². The summed E-state index contributed by atoms with van der Waals surface area (Å²) in [4.78, 5) is 20.0. The summed E-state index contributed by atoms with van der Waals surface area (Å²) in [6, 6.07) is 10.0. The van der Waals surface area contributed by atoms with E-state index in [1.807, 2.05) is 30.3 Å². The van der Waals surface area contributed by atoms with Crippen LogP contribution in [0.5, 0.6) is 0 Å². The van der Waals surface area contributed by atoms with Gasteiger partial charge in [0.05, 0.1) is 6.04 Å². The van der Waals surface area contributed by atoms with E-state index in [0.29, 0.717) is 37.3 Å². The van der Waals surface area contributed by atoms with Crippen molar-refractivity contribution >= 4 is 5.91 Å². The molecule has 1 saturated carbocycles. The molecule has 0 radical (unpaired) electrons. The lowest BCUT2D eigenvalue weighted by Crippen LogP contribution is -2.64. The Kier molecular flexibility index (Phi) is 4.70. The van der Waals surface area contributed by atoms with Gasteiger partial charge in [0, 0.05) is 45.2 Å². The van der Waals surface area contributed by atoms with Crippen LogP contribution in [0.2, 0.25) is 0 Å². The first-order valence-corrected chi connectivity index (χ1v) is 10.8. The molecule has 0 bridgehead atoms. The molecule has 6 nitrogen and oxygen atoms in total. The highest BCUT2D eigenvalue weighted by Crippen LogP contribution is 2.50. The van der Waals surface area contributed by atoms with Crippen LogP contribution in [-0.2, 0) is 10.4 Å². The summed E-state index contributed by atoms with van der Waals surface area (Å²) in [5.74, 6) is 1.64. The summed E-state index contributed by atoms with van der Waals surface area (Å²) in [5, 5.41) is 15.2. The Labute approximate surface area is 167 Å². The number of piperazine rings is 1. The zero-order chi connectivity index (χ0) is 19.3. The molecule has 5 atom stereocenters. The van der Waals surface area contributed by atoms with E-state index in [1.54, 1.807) is 0 Å². The lowest BCUT2D eigenvalue weighted by Gasteiger charge is -2.51. The molecule has 1 aromatic rings. The Morgan fingerprint density at radius 3 is 2.43 bits per heavy atom. The summed E-state index contributed by atoms with van der Waals surface area (Å²) < 4.78 is 0. The minimum Gasteiger partial charge on any atom is -0.383 e. The number of likely N-dealkylation sites (N-methyl/N-ethyl adjacent to an activating group) is 1. The Balaban J connectivity index is 1.38. The Morgan fingerprint density at radius 2 is 1.75 bits per heavy atom. The van der Waals surface area contributed by atoms with Crippen LogP contribution < -0.4 is 5.32 Å². The number of fused-ring (bicyclic) bond motifs is 1. The molecule has 5 rings (SSSR count). The van der Waals surface area contributed by atoms with Crippen molar-refractivity contribution in [1.29, 1.82) is 0 Å². The Bertz CT molecular complexity index is 711. The maximum atomic E-state index is 13.2. The standard InChI is InChI=1S/C22H32N4O2/c1-24-9-11-25(12-10-24)19-15-26(21(27)20-17-13-23-14-18(17)20)8-7-22(19,28)16-5-3-2-4-6-16/h2-6,17-20,23,28H,7-15H2,1H3/t17-,18+,19-,20?,22+/m1/s1. The SMILES string of the molecule is CN1CCN([C@@H]2CN(C(=O)C3[C@H]4CNC[C@@H]34)CC[C@]2(O)c2ccccc2)CC1. The van der Waals surface area contributed by atoms with Crippen LogP contribution in [-0.4, -0.2) is 91.2 Å². The highest BCUT2D eigenvalue weighted by atomic mass is 16.3. The molecule has 6 heteroatoms. The lowest BCUT2D eigenvalue weighted by atomic mass is 9.79. The minimum atomic E-state index is -0.894. The van der Waals surface area contributed by atoms with Crippen LogP contribution in [0, 0.1) is 17.8 Å². The average molecular weight is 385 g/mol. The molecule has 1 unspecified atom stereocenters. The van der Waals surface area contributed by atoms with Crippen molar-refractivity contribution in [3.8, 4) is 0 Å². The van der Waals surface area contributed by atoms with Crippen LogP contribution in [0.3, 0.4) is 0 Å². The van der Waals surface area contributed by atoms with Gasteiger partial charge in [0.25, 0.3) is 0 Å². The van der Waals surface area contributed by atoms with Crippen LogP contribution in [0.4, 0.5) is 0 Å². The van der Waals surface area contributed by atoms with Gasteiger partial charge in [0.1, 0.15) is 5.60 Å². The first kappa shape index (κ1) is 18.6. The minimum absolute atomic E-state index is 0.0435. The number of hydrogen-bond acceptors (Lipinski definition) is 5. The fraction of sp³-hybridized carbons (Fsp3) is 0.682. The maximum absolute atomic E-state index is 13.2. The number of aliphatic hydroxyl groups is 1. The van der Waals surface area contributed by atoms with Gasteiger partial charge in [0.15, 0.2) is 0 Å². The lowest BCUT2D eigenvalue weighted by molar-refractivity contribution is -0.147. The quantitative estimate of drug-likeness (QED) is 0.779. The number of likely N-dealkylation sites (tertiary alicyclic amines) is 1. The summed E-state index contributed by atoms with van der Waals surface area (Å²) in [5.41, 5.74) is 0.0908. The molecule has 1 amide bonds. The number of amides is 1. The zero-order valence-electron chi connectivity index (χ0n) is 16.8. The Morgan fingerprint density at radius 1 is 1.07 bits per heavy atom. The molecule has 4 aliphatic rings. The molecule has 3 saturated heterocycles. The van der Waals surface area contributed by atoms with Crippen molar-refractivity contribution in [3.05, 3.63) is 35.9 Å². The fourth-order valence-corrected chi connectivity index (χ4v) is 5.73. The molecule has 0 spiro atoms. The predicted octanol–water partition coefficient (Wildman–Crippen LogP) is 0.188. The number of hydrogen-bond donors (Lipinski definition) is 2. The smallest absolute Gasteiger partial charge is 0.226 e. The van der Waals surface area contributed by atoms with E-state index in [4.69, 9.17) is 0 Å². The second kappa shape index (κ2) is 7.10. The van der Waals surface area contributed by atoms with Crippen molar-refractivity contribution in [2.24, 2.45) is 17.8 Å².